The van der Waals surface area contributed by atoms with E-state index < -0.39 is 0 Å². The Morgan fingerprint density at radius 2 is 2.14 bits per heavy atom. The normalized spacial score (nSPS) is 9.50. The third kappa shape index (κ3) is 1.57. The zero-order valence-electron chi connectivity index (χ0n) is 7.29. The highest BCUT2D eigenvalue weighted by Gasteiger charge is 2.13. The number of hydrogen-bond acceptors (Lipinski definition) is 2. The molecule has 0 aliphatic rings. The van der Waals surface area contributed by atoms with E-state index in [1.165, 1.54) is 17.4 Å². The quantitative estimate of drug-likeness (QED) is 0.614. The first-order valence-corrected chi connectivity index (χ1v) is 4.63. The predicted octanol–water partition coefficient (Wildman–Crippen LogP) is 0.837. The number of fused-ring (bicyclic) bond motifs is 1. The van der Waals surface area contributed by atoms with Crippen LogP contribution < -0.4 is 12.4 Å². The van der Waals surface area contributed by atoms with Gasteiger partial charge in [-0.1, -0.05) is 0 Å². The van der Waals surface area contributed by atoms with Gasteiger partial charge in [0, 0.05) is 11.5 Å². The maximum absolute atomic E-state index is 13.3. The number of nitrogens with zero attached hydrogens (tertiary/aromatic N) is 2. The summed E-state index contributed by atoms with van der Waals surface area (Å²) in [5.41, 5.74) is 1.26. The Bertz CT molecular complexity index is 515. The van der Waals surface area contributed by atoms with Gasteiger partial charge in [-0.05, 0) is 17.9 Å². The van der Waals surface area contributed by atoms with Gasteiger partial charge in [0.05, 0.1) is 10.8 Å². The maximum Gasteiger partial charge on any atom is 0.388 e. The number of halogens is 2. The lowest BCUT2D eigenvalue weighted by atomic mass is 10.2. The monoisotopic (exact) mass is 228 g/mol. The summed E-state index contributed by atoms with van der Waals surface area (Å²) < 4.78 is 13.9. The summed E-state index contributed by atoms with van der Waals surface area (Å²) in [6.45, 7) is 1.90. The van der Waals surface area contributed by atoms with E-state index in [9.17, 15) is 4.39 Å². The number of benzene rings is 1. The topological polar surface area (TPSA) is 28.1 Å². The first kappa shape index (κ1) is 10.9. The van der Waals surface area contributed by atoms with Crippen molar-refractivity contribution in [2.75, 3.05) is 0 Å². The first-order chi connectivity index (χ1) is 6.22. The molecule has 0 atom stereocenters. The van der Waals surface area contributed by atoms with Crippen LogP contribution in [0.15, 0.2) is 17.5 Å². The molecule has 0 amide bonds. The fourth-order valence-corrected chi connectivity index (χ4v) is 2.20. The Balaban J connectivity index is 0.000000980. The zero-order chi connectivity index (χ0) is 9.42. The molecule has 0 bridgehead atoms. The highest BCUT2D eigenvalue weighted by molar-refractivity contribution is 7.17. The van der Waals surface area contributed by atoms with Crippen molar-refractivity contribution in [1.82, 2.24) is 0 Å². The van der Waals surface area contributed by atoms with Gasteiger partial charge in [0.25, 0.3) is 0 Å². The molecule has 1 heterocycles. The Hall–Kier alpha value is -1.18. The van der Waals surface area contributed by atoms with Gasteiger partial charge >= 0.3 is 5.69 Å². The van der Waals surface area contributed by atoms with Crippen LogP contribution in [0.1, 0.15) is 5.56 Å². The van der Waals surface area contributed by atoms with Crippen LogP contribution in [0.5, 0.6) is 0 Å². The molecule has 0 saturated carbocycles. The van der Waals surface area contributed by atoms with Crippen LogP contribution in [-0.2, 0) is 0 Å². The van der Waals surface area contributed by atoms with Crippen molar-refractivity contribution in [3.8, 4) is 0 Å². The largest absolute Gasteiger partial charge is 1.00 e. The Morgan fingerprint density at radius 1 is 1.43 bits per heavy atom. The van der Waals surface area contributed by atoms with Crippen LogP contribution in [0.25, 0.3) is 15.1 Å². The smallest absolute Gasteiger partial charge is 0.388 e. The lowest BCUT2D eigenvalue weighted by Crippen LogP contribution is -3.00. The Kier molecular flexibility index (Phi) is 3.04. The minimum absolute atomic E-state index is 0. The molecule has 2 aromatic rings. The van der Waals surface area contributed by atoms with E-state index in [0.717, 1.165) is 10.9 Å². The first-order valence-electron chi connectivity index (χ1n) is 3.75. The van der Waals surface area contributed by atoms with E-state index in [2.05, 4.69) is 4.98 Å². The lowest BCUT2D eigenvalue weighted by Gasteiger charge is -1.89. The third-order valence-electron chi connectivity index (χ3n) is 1.92. The van der Waals surface area contributed by atoms with Crippen molar-refractivity contribution in [3.05, 3.63) is 33.9 Å². The van der Waals surface area contributed by atoms with E-state index >= 15 is 0 Å². The molecule has 0 N–H and O–H groups in total. The number of hydrogen-bond donors (Lipinski definition) is 0. The third-order valence-corrected chi connectivity index (χ3v) is 3.04. The highest BCUT2D eigenvalue weighted by atomic mass is 35.5. The molecule has 2 nitrogen and oxygen atoms in total. The lowest BCUT2D eigenvalue weighted by molar-refractivity contribution is -0.00000337. The Labute approximate surface area is 90.4 Å². The van der Waals surface area contributed by atoms with E-state index in [1.54, 1.807) is 6.07 Å². The molecule has 0 aliphatic heterocycles. The van der Waals surface area contributed by atoms with Crippen LogP contribution in [-0.4, -0.2) is 0 Å². The zero-order valence-corrected chi connectivity index (χ0v) is 8.86. The summed E-state index contributed by atoms with van der Waals surface area (Å²) in [7, 11) is 0. The molecular formula is C9H6ClFN2S. The number of rotatable bonds is 0. The van der Waals surface area contributed by atoms with E-state index in [0.29, 0.717) is 4.70 Å². The van der Waals surface area contributed by atoms with E-state index in [1.807, 2.05) is 12.3 Å². The molecule has 14 heavy (non-hydrogen) atoms. The van der Waals surface area contributed by atoms with Gasteiger partial charge in [-0.15, -0.1) is 11.3 Å². The van der Waals surface area contributed by atoms with Gasteiger partial charge in [-0.2, -0.15) is 0 Å². The second kappa shape index (κ2) is 3.91. The van der Waals surface area contributed by atoms with Gasteiger partial charge < -0.3 is 12.4 Å². The fourth-order valence-electron chi connectivity index (χ4n) is 1.26. The van der Waals surface area contributed by atoms with Crippen LogP contribution in [0.3, 0.4) is 0 Å². The summed E-state index contributed by atoms with van der Waals surface area (Å²) in [5.74, 6) is -0.330. The van der Waals surface area contributed by atoms with Gasteiger partial charge in [0.2, 0.25) is 5.39 Å². The second-order valence-electron chi connectivity index (χ2n) is 2.82. The van der Waals surface area contributed by atoms with Crippen molar-refractivity contribution in [1.29, 1.82) is 5.39 Å². The molecule has 0 radical (unpaired) electrons. The molecule has 72 valence electrons. The molecule has 1 aromatic carbocycles. The molecule has 0 spiro atoms. The standard InChI is InChI=1S/C9H6FN2S.ClH/c1-5-4-13-9-7(5)2-6(12-11)3-8(9)10;/h2-4H,1H3;1H/q+1;/p-1. The summed E-state index contributed by atoms with van der Waals surface area (Å²) in [5, 5.41) is 11.2. The van der Waals surface area contributed by atoms with Crippen molar-refractivity contribution in [3.63, 3.8) is 0 Å². The van der Waals surface area contributed by atoms with Gasteiger partial charge in [0.15, 0.2) is 4.98 Å². The van der Waals surface area contributed by atoms with Crippen molar-refractivity contribution in [2.24, 2.45) is 0 Å². The van der Waals surface area contributed by atoms with Gasteiger partial charge in [-0.3, -0.25) is 0 Å². The molecule has 2 rings (SSSR count). The molecule has 0 aliphatic carbocycles. The van der Waals surface area contributed by atoms with Crippen LogP contribution in [0.4, 0.5) is 10.1 Å². The maximum atomic E-state index is 13.3. The predicted molar refractivity (Wildman–Crippen MR) is 51.3 cm³/mol. The van der Waals surface area contributed by atoms with Crippen molar-refractivity contribution >= 4 is 27.1 Å². The van der Waals surface area contributed by atoms with Crippen LogP contribution in [0.2, 0.25) is 0 Å². The van der Waals surface area contributed by atoms with Gasteiger partial charge in [-0.25, -0.2) is 4.39 Å². The van der Waals surface area contributed by atoms with Crippen LogP contribution in [0, 0.1) is 18.1 Å². The average Bonchev–Trinajstić information content (AvgIpc) is 2.48. The number of aryl methyl sites for hydroxylation is 1. The molecule has 1 aromatic heterocycles. The van der Waals surface area contributed by atoms with Gasteiger partial charge in [0.1, 0.15) is 5.82 Å². The van der Waals surface area contributed by atoms with Crippen LogP contribution >= 0.6 is 11.3 Å². The summed E-state index contributed by atoms with van der Waals surface area (Å²) >= 11 is 1.36. The molecule has 0 saturated heterocycles. The number of diazo groups is 1. The van der Waals surface area contributed by atoms with Crippen molar-refractivity contribution < 1.29 is 16.8 Å². The van der Waals surface area contributed by atoms with Crippen molar-refractivity contribution in [2.45, 2.75) is 6.92 Å². The minimum Gasteiger partial charge on any atom is -1.00 e. The summed E-state index contributed by atoms with van der Waals surface area (Å²) in [6.07, 6.45) is 0. The second-order valence-corrected chi connectivity index (χ2v) is 3.70. The highest BCUT2D eigenvalue weighted by Crippen LogP contribution is 2.31. The molecule has 5 heteroatoms. The molecule has 0 unspecified atom stereocenters. The Morgan fingerprint density at radius 3 is 2.79 bits per heavy atom. The fraction of sp³-hybridized carbons (Fsp3) is 0.111. The SMILES string of the molecule is Cc1csc2c(F)cc([N+]#N)cc12.[Cl-]. The average molecular weight is 229 g/mol. The molecule has 0 fully saturated rings. The minimum atomic E-state index is -0.330. The number of thiophene rings is 1. The summed E-state index contributed by atoms with van der Waals surface area (Å²) in [6, 6.07) is 2.89. The molecular weight excluding hydrogens is 223 g/mol. The van der Waals surface area contributed by atoms with E-state index in [-0.39, 0.29) is 23.9 Å². The van der Waals surface area contributed by atoms with E-state index in [4.69, 9.17) is 5.39 Å². The summed E-state index contributed by atoms with van der Waals surface area (Å²) in [4.78, 5) is 2.97.